The molecular formula is C17H20FNO3S. The highest BCUT2D eigenvalue weighted by Gasteiger charge is 2.26. The van der Waals surface area contributed by atoms with E-state index in [4.69, 9.17) is 0 Å². The molecule has 1 N–H and O–H groups in total. The average molecular weight is 337 g/mol. The zero-order valence-corrected chi connectivity index (χ0v) is 13.7. The van der Waals surface area contributed by atoms with Crippen LogP contribution in [0.25, 0.3) is 0 Å². The van der Waals surface area contributed by atoms with E-state index in [-0.39, 0.29) is 24.4 Å². The van der Waals surface area contributed by atoms with Gasteiger partial charge >= 0.3 is 0 Å². The van der Waals surface area contributed by atoms with E-state index in [2.05, 4.69) is 0 Å². The van der Waals surface area contributed by atoms with Gasteiger partial charge in [0.25, 0.3) is 0 Å². The Morgan fingerprint density at radius 2 is 1.70 bits per heavy atom. The molecule has 4 nitrogen and oxygen atoms in total. The van der Waals surface area contributed by atoms with Crippen LogP contribution in [0.5, 0.6) is 0 Å². The van der Waals surface area contributed by atoms with Crippen LogP contribution < -0.4 is 0 Å². The van der Waals surface area contributed by atoms with Crippen LogP contribution in [-0.2, 0) is 10.0 Å². The largest absolute Gasteiger partial charge is 0.388 e. The molecular weight excluding hydrogens is 317 g/mol. The Morgan fingerprint density at radius 1 is 1.09 bits per heavy atom. The van der Waals surface area contributed by atoms with Gasteiger partial charge in [0.05, 0.1) is 6.10 Å². The highest BCUT2D eigenvalue weighted by atomic mass is 32.2. The second-order valence-corrected chi connectivity index (χ2v) is 7.05. The van der Waals surface area contributed by atoms with E-state index in [1.165, 1.54) is 22.5 Å². The summed E-state index contributed by atoms with van der Waals surface area (Å²) < 4.78 is 40.0. The molecule has 23 heavy (non-hydrogen) atoms. The van der Waals surface area contributed by atoms with E-state index >= 15 is 0 Å². The highest BCUT2D eigenvalue weighted by molar-refractivity contribution is 7.89. The third-order valence-corrected chi connectivity index (χ3v) is 5.65. The molecule has 0 heterocycles. The van der Waals surface area contributed by atoms with Crippen LogP contribution in [0.2, 0.25) is 0 Å². The Kier molecular flexibility index (Phi) is 5.87. The van der Waals surface area contributed by atoms with Crippen molar-refractivity contribution >= 4 is 10.0 Å². The Labute approximate surface area is 136 Å². The summed E-state index contributed by atoms with van der Waals surface area (Å²) in [6.45, 7) is 2.01. The van der Waals surface area contributed by atoms with Crippen LogP contribution in [0.4, 0.5) is 4.39 Å². The van der Waals surface area contributed by atoms with E-state index in [1.807, 2.05) is 18.2 Å². The Morgan fingerprint density at radius 3 is 2.30 bits per heavy atom. The number of hydrogen-bond donors (Lipinski definition) is 1. The predicted molar refractivity (Wildman–Crippen MR) is 86.9 cm³/mol. The van der Waals surface area contributed by atoms with Gasteiger partial charge < -0.3 is 5.11 Å². The quantitative estimate of drug-likeness (QED) is 0.845. The lowest BCUT2D eigenvalue weighted by atomic mass is 10.1. The summed E-state index contributed by atoms with van der Waals surface area (Å²) in [5.41, 5.74) is 0.729. The van der Waals surface area contributed by atoms with Gasteiger partial charge in [0, 0.05) is 13.1 Å². The fourth-order valence-corrected chi connectivity index (χ4v) is 3.88. The highest BCUT2D eigenvalue weighted by Crippen LogP contribution is 2.22. The fourth-order valence-electron chi connectivity index (χ4n) is 2.35. The molecule has 0 saturated heterocycles. The van der Waals surface area contributed by atoms with Gasteiger partial charge in [0.15, 0.2) is 0 Å². The first-order valence-electron chi connectivity index (χ1n) is 7.44. The summed E-state index contributed by atoms with van der Waals surface area (Å²) in [7, 11) is -3.91. The molecule has 6 heteroatoms. The molecule has 0 saturated carbocycles. The molecule has 0 aliphatic heterocycles. The fraction of sp³-hybridized carbons (Fsp3) is 0.294. The molecule has 0 aliphatic rings. The van der Waals surface area contributed by atoms with Crippen LogP contribution >= 0.6 is 0 Å². The number of nitrogens with zero attached hydrogens (tertiary/aromatic N) is 1. The van der Waals surface area contributed by atoms with Crippen molar-refractivity contribution in [2.45, 2.75) is 24.3 Å². The second-order valence-electron chi connectivity index (χ2n) is 5.14. The van der Waals surface area contributed by atoms with Crippen molar-refractivity contribution in [1.29, 1.82) is 0 Å². The number of rotatable bonds is 7. The summed E-state index contributed by atoms with van der Waals surface area (Å²) in [6.07, 6.45) is -0.521. The third-order valence-electron chi connectivity index (χ3n) is 3.64. The second kappa shape index (κ2) is 7.68. The van der Waals surface area contributed by atoms with Gasteiger partial charge in [-0.2, -0.15) is 4.31 Å². The minimum Gasteiger partial charge on any atom is -0.388 e. The monoisotopic (exact) mass is 337 g/mol. The maximum atomic E-state index is 13.8. The van der Waals surface area contributed by atoms with E-state index < -0.39 is 21.9 Å². The molecule has 0 unspecified atom stereocenters. The summed E-state index contributed by atoms with van der Waals surface area (Å²) in [5.74, 6) is -0.769. The summed E-state index contributed by atoms with van der Waals surface area (Å²) in [4.78, 5) is -0.337. The van der Waals surface area contributed by atoms with Gasteiger partial charge in [0.2, 0.25) is 10.0 Å². The number of benzene rings is 2. The Balaban J connectivity index is 2.12. The van der Waals surface area contributed by atoms with Crippen molar-refractivity contribution in [1.82, 2.24) is 4.31 Å². The maximum absolute atomic E-state index is 13.8. The van der Waals surface area contributed by atoms with Crippen LogP contribution in [0.15, 0.2) is 59.5 Å². The first-order chi connectivity index (χ1) is 11.0. The molecule has 2 aromatic carbocycles. The Hall–Kier alpha value is -1.76. The third kappa shape index (κ3) is 4.16. The van der Waals surface area contributed by atoms with E-state index in [9.17, 15) is 17.9 Å². The molecule has 0 aliphatic carbocycles. The summed E-state index contributed by atoms with van der Waals surface area (Å²) >= 11 is 0. The molecule has 0 radical (unpaired) electrons. The zero-order valence-electron chi connectivity index (χ0n) is 12.9. The SMILES string of the molecule is CCN(CC[C@@H](O)c1ccccc1)S(=O)(=O)c1ccccc1F. The standard InChI is InChI=1S/C17H20FNO3S/c1-2-19(13-12-16(20)14-8-4-3-5-9-14)23(21,22)17-11-7-6-10-15(17)18/h3-11,16,20H,2,12-13H2,1H3/t16-/m1/s1. The minimum absolute atomic E-state index is 0.114. The lowest BCUT2D eigenvalue weighted by molar-refractivity contribution is 0.158. The summed E-state index contributed by atoms with van der Waals surface area (Å²) in [6, 6.07) is 14.3. The van der Waals surface area contributed by atoms with Crippen molar-refractivity contribution in [3.8, 4) is 0 Å². The Bertz CT molecular complexity index is 735. The van der Waals surface area contributed by atoms with Crippen LogP contribution in [0.3, 0.4) is 0 Å². The van der Waals surface area contributed by atoms with Crippen molar-refractivity contribution in [3.05, 3.63) is 66.0 Å². The average Bonchev–Trinajstić information content (AvgIpc) is 2.56. The smallest absolute Gasteiger partial charge is 0.245 e. The van der Waals surface area contributed by atoms with Crippen LogP contribution in [-0.4, -0.2) is 30.9 Å². The van der Waals surface area contributed by atoms with Crippen molar-refractivity contribution in [3.63, 3.8) is 0 Å². The van der Waals surface area contributed by atoms with Crippen LogP contribution in [0.1, 0.15) is 25.0 Å². The molecule has 0 bridgehead atoms. The maximum Gasteiger partial charge on any atom is 0.245 e. The number of aliphatic hydroxyl groups is 1. The van der Waals surface area contributed by atoms with Crippen LogP contribution in [0, 0.1) is 5.82 Å². The van der Waals surface area contributed by atoms with Gasteiger partial charge in [-0.1, -0.05) is 49.4 Å². The topological polar surface area (TPSA) is 57.6 Å². The van der Waals surface area contributed by atoms with E-state index in [0.717, 1.165) is 11.6 Å². The number of halogens is 1. The summed E-state index contributed by atoms with van der Waals surface area (Å²) in [5, 5.41) is 10.2. The van der Waals surface area contributed by atoms with Crippen molar-refractivity contribution < 1.29 is 17.9 Å². The molecule has 0 spiro atoms. The van der Waals surface area contributed by atoms with Gasteiger partial charge in [-0.15, -0.1) is 0 Å². The minimum atomic E-state index is -3.91. The zero-order chi connectivity index (χ0) is 16.9. The van der Waals surface area contributed by atoms with Gasteiger partial charge in [-0.3, -0.25) is 0 Å². The van der Waals surface area contributed by atoms with Gasteiger partial charge in [-0.05, 0) is 24.1 Å². The predicted octanol–water partition coefficient (Wildman–Crippen LogP) is 2.96. The molecule has 0 fully saturated rings. The molecule has 124 valence electrons. The molecule has 0 aromatic heterocycles. The van der Waals surface area contributed by atoms with Crippen molar-refractivity contribution in [2.75, 3.05) is 13.1 Å². The first-order valence-corrected chi connectivity index (χ1v) is 8.88. The first kappa shape index (κ1) is 17.6. The lowest BCUT2D eigenvalue weighted by Gasteiger charge is -2.22. The lowest BCUT2D eigenvalue weighted by Crippen LogP contribution is -2.33. The molecule has 1 atom stereocenters. The molecule has 0 amide bonds. The number of hydrogen-bond acceptors (Lipinski definition) is 3. The molecule has 2 rings (SSSR count). The number of aliphatic hydroxyl groups excluding tert-OH is 1. The number of sulfonamides is 1. The van der Waals surface area contributed by atoms with E-state index in [0.29, 0.717) is 0 Å². The molecule has 2 aromatic rings. The normalized spacial score (nSPS) is 13.2. The van der Waals surface area contributed by atoms with Crippen molar-refractivity contribution in [2.24, 2.45) is 0 Å². The van der Waals surface area contributed by atoms with E-state index in [1.54, 1.807) is 19.1 Å². The van der Waals surface area contributed by atoms with Gasteiger partial charge in [0.1, 0.15) is 10.7 Å². The van der Waals surface area contributed by atoms with Gasteiger partial charge in [-0.25, -0.2) is 12.8 Å².